The minimum Gasteiger partial charge on any atom is -0.432 e. The highest BCUT2D eigenvalue weighted by atomic mass is 16.8. The van der Waals surface area contributed by atoms with Crippen LogP contribution in [-0.4, -0.2) is 398 Å². The van der Waals surface area contributed by atoms with Crippen molar-refractivity contribution in [3.8, 4) is 0 Å². The molecule has 39 nitrogen and oxygen atoms in total. The van der Waals surface area contributed by atoms with Crippen molar-refractivity contribution in [2.24, 2.45) is 50.2 Å². The monoisotopic (exact) mass is 1630 g/mol. The quantitative estimate of drug-likeness (QED) is 0.0324. The third kappa shape index (κ3) is 15.7. The van der Waals surface area contributed by atoms with E-state index in [1.54, 1.807) is 0 Å². The molecule has 12 fully saturated rings. The van der Waals surface area contributed by atoms with E-state index >= 15 is 4.79 Å². The van der Waals surface area contributed by atoms with Crippen LogP contribution in [0.15, 0.2) is 11.6 Å². The van der Waals surface area contributed by atoms with E-state index in [4.69, 9.17) is 75.8 Å². The second kappa shape index (κ2) is 33.9. The van der Waals surface area contributed by atoms with Gasteiger partial charge in [0.25, 0.3) is 0 Å². The average molecular weight is 1630 g/mol. The normalized spacial score (nSPS) is 55.6. The molecule has 0 aromatic carbocycles. The molecule has 39 heteroatoms. The van der Waals surface area contributed by atoms with Crippen LogP contribution in [0, 0.1) is 50.2 Å². The lowest BCUT2D eigenvalue weighted by atomic mass is 9.33. The van der Waals surface area contributed by atoms with Crippen LogP contribution in [0.3, 0.4) is 0 Å². The summed E-state index contributed by atoms with van der Waals surface area (Å²) in [6, 6.07) is 0. The molecular formula is C74H120O39. The molecule has 13 aliphatic rings. The Hall–Kier alpha value is -2.27. The topological polar surface area (TPSA) is 610 Å². The molecular weight excluding hydrogens is 1510 g/mol. The van der Waals surface area contributed by atoms with Crippen LogP contribution in [0.4, 0.5) is 0 Å². The fourth-order valence-corrected chi connectivity index (χ4v) is 21.3. The zero-order valence-corrected chi connectivity index (χ0v) is 64.3. The number of aliphatic hydroxyl groups is 22. The minimum atomic E-state index is -2.02. The highest BCUT2D eigenvalue weighted by Gasteiger charge is 2.72. The largest absolute Gasteiger partial charge is 0.432 e. The zero-order valence-electron chi connectivity index (χ0n) is 64.3. The number of hydrogen-bond acceptors (Lipinski definition) is 39. The molecule has 22 N–H and O–H groups in total. The highest BCUT2D eigenvalue weighted by molar-refractivity contribution is 5.79. The van der Waals surface area contributed by atoms with Crippen LogP contribution >= 0.6 is 0 Å². The van der Waals surface area contributed by atoms with Crippen molar-refractivity contribution in [3.63, 3.8) is 0 Å². The lowest BCUT2D eigenvalue weighted by Gasteiger charge is -2.72. The second-order valence-electron chi connectivity index (χ2n) is 35.7. The third-order valence-corrected chi connectivity index (χ3v) is 28.4. The summed E-state index contributed by atoms with van der Waals surface area (Å²) in [7, 11) is 0. The first-order valence-corrected chi connectivity index (χ1v) is 39.5. The molecule has 39 unspecified atom stereocenters. The molecule has 8 aliphatic heterocycles. The number of ether oxygens (including phenoxy) is 16. The first-order valence-electron chi connectivity index (χ1n) is 39.5. The molecule has 8 heterocycles. The van der Waals surface area contributed by atoms with E-state index in [1.807, 2.05) is 6.92 Å². The van der Waals surface area contributed by atoms with Crippen molar-refractivity contribution in [1.29, 1.82) is 0 Å². The maximum atomic E-state index is 15.5. The molecule has 650 valence electrons. The van der Waals surface area contributed by atoms with Gasteiger partial charge in [0.1, 0.15) is 159 Å². The van der Waals surface area contributed by atoms with Gasteiger partial charge in [-0.05, 0) is 111 Å². The molecule has 0 radical (unpaired) electrons. The summed E-state index contributed by atoms with van der Waals surface area (Å²) >= 11 is 0. The van der Waals surface area contributed by atoms with Crippen LogP contribution in [0.1, 0.15) is 113 Å². The fourth-order valence-electron chi connectivity index (χ4n) is 21.3. The minimum absolute atomic E-state index is 0.0977. The molecule has 8 saturated heterocycles. The van der Waals surface area contributed by atoms with Gasteiger partial charge >= 0.3 is 5.97 Å². The summed E-state index contributed by atoms with van der Waals surface area (Å²) in [5.41, 5.74) is -3.10. The summed E-state index contributed by atoms with van der Waals surface area (Å²) in [6.45, 7) is 11.4. The molecule has 13 rings (SSSR count). The Balaban J connectivity index is 0.626. The van der Waals surface area contributed by atoms with Crippen molar-refractivity contribution in [2.75, 3.05) is 46.2 Å². The zero-order chi connectivity index (χ0) is 82.2. The summed E-state index contributed by atoms with van der Waals surface area (Å²) in [5.74, 6) is -1.40. The number of allylic oxidation sites excluding steroid dienone is 2. The maximum Gasteiger partial charge on any atom is 0.315 e. The van der Waals surface area contributed by atoms with E-state index < -0.39 is 313 Å². The first kappa shape index (κ1) is 88.5. The summed E-state index contributed by atoms with van der Waals surface area (Å²) in [4.78, 5) is 15.5. The van der Waals surface area contributed by atoms with Crippen LogP contribution in [-0.2, 0) is 80.6 Å². The number of carbonyl (C=O) groups excluding carboxylic acids is 1. The first-order chi connectivity index (χ1) is 53.1. The predicted molar refractivity (Wildman–Crippen MR) is 369 cm³/mol. The van der Waals surface area contributed by atoms with Gasteiger partial charge in [0.05, 0.1) is 76.1 Å². The highest BCUT2D eigenvalue weighted by Crippen LogP contribution is 2.76. The lowest BCUT2D eigenvalue weighted by molar-refractivity contribution is -0.380. The fraction of sp³-hybridized carbons (Fsp3) is 0.959. The molecule has 5 aliphatic carbocycles. The molecule has 0 spiro atoms. The molecule has 113 heavy (non-hydrogen) atoms. The predicted octanol–water partition coefficient (Wildman–Crippen LogP) is -8.18. The third-order valence-electron chi connectivity index (χ3n) is 28.4. The van der Waals surface area contributed by atoms with Gasteiger partial charge in [-0.25, -0.2) is 0 Å². The van der Waals surface area contributed by atoms with E-state index in [9.17, 15) is 112 Å². The van der Waals surface area contributed by atoms with E-state index in [1.165, 1.54) is 13.8 Å². The molecule has 4 saturated carbocycles. The smallest absolute Gasteiger partial charge is 0.315 e. The average Bonchev–Trinajstić information content (AvgIpc) is 0.671. The number of fused-ring (bicyclic) bond motifs is 7. The van der Waals surface area contributed by atoms with Gasteiger partial charge in [-0.15, -0.1) is 0 Å². The molecule has 0 aromatic heterocycles. The van der Waals surface area contributed by atoms with Crippen molar-refractivity contribution < 1.29 is 193 Å². The summed E-state index contributed by atoms with van der Waals surface area (Å²) in [6.07, 6.45) is -56.8. The van der Waals surface area contributed by atoms with E-state index in [2.05, 4.69) is 40.7 Å². The summed E-state index contributed by atoms with van der Waals surface area (Å²) in [5, 5.41) is 243. The van der Waals surface area contributed by atoms with Gasteiger partial charge in [-0.2, -0.15) is 0 Å². The van der Waals surface area contributed by atoms with Gasteiger partial charge in [0, 0.05) is 5.41 Å². The molecule has 46 atom stereocenters. The Morgan fingerprint density at radius 3 is 1.33 bits per heavy atom. The number of hydrogen-bond donors (Lipinski definition) is 22. The van der Waals surface area contributed by atoms with Crippen LogP contribution in [0.25, 0.3) is 0 Å². The van der Waals surface area contributed by atoms with Gasteiger partial charge in [0.15, 0.2) is 44.0 Å². The molecule has 0 aromatic rings. The van der Waals surface area contributed by atoms with Crippen molar-refractivity contribution in [3.05, 3.63) is 11.6 Å². The van der Waals surface area contributed by atoms with Gasteiger partial charge in [0.2, 0.25) is 6.29 Å². The van der Waals surface area contributed by atoms with E-state index in [0.717, 1.165) is 5.57 Å². The van der Waals surface area contributed by atoms with Crippen LogP contribution in [0.5, 0.6) is 0 Å². The standard InChI is InChI=1S/C74H120O39/c1-26-39(81)57(110-62-49(91)43(85)35(23-100-62)106-64-51(93)45(87)55(33(19-75)104-64)108-60-47(89)41(83)31(79)21-98-60)53(95)66(102-26)107-36-24-101-63(50(92)44(36)86)111-58-40(82)27(2)103-67(54(58)96)113-68(97)74-15-13-69(3,4)17-29(74)28-9-10-38-70(5)18-30(78)59(71(6,25-77)37(70)11-12-73(38,8)72(28,7)14-16-74)112-65-52(94)46(88)56(34(20-76)105-65)109-61-48(90)42(84)32(80)22-99-61/h9,26-27,29-67,75-96H,10-25H2,1-8H3/t26?,27?,29?,30-,31?,32?,33?,34?,35?,36?,37?,38?,39?,40?,41?,42?,43?,44?,45?,46?,47?,48?,49?,50?,51?,52?,53?,54?,55?,56?,57?,58?,59-,60?,61?,62?,63?,64?,65?,66?,67?,70-,71-,72+,73+,74-/m0/s1. The van der Waals surface area contributed by atoms with Gasteiger partial charge < -0.3 is 188 Å². The SMILES string of the molecule is CC1OC(OC(=O)[C@]23CCC(C)(C)CC2C2=CCC4[C@@]5(C)C[C@H](O)[C@H](OC6OC(CO)C(OC7OCC(O)C(O)C7O)C(O)C6O)[C@@](C)(CO)C5CC[C@@]4(C)[C@]2(C)CC3)C(O)C(OC2OCC(OC3OC(C)C(O)C(OC4OCC(OC5OC(CO)C(OC6OCC(O)C(O)C6O)C(O)C5O)C(O)C4O)C3O)C(O)C2O)C1O. The molecule has 0 amide bonds. The van der Waals surface area contributed by atoms with Crippen molar-refractivity contribution in [1.82, 2.24) is 0 Å². The van der Waals surface area contributed by atoms with Gasteiger partial charge in [-0.1, -0.05) is 53.2 Å². The maximum absolute atomic E-state index is 15.5. The Morgan fingerprint density at radius 1 is 0.416 bits per heavy atom. The number of carbonyl (C=O) groups is 1. The van der Waals surface area contributed by atoms with Crippen molar-refractivity contribution >= 4 is 5.97 Å². The van der Waals surface area contributed by atoms with Gasteiger partial charge in [-0.3, -0.25) is 4.79 Å². The lowest BCUT2D eigenvalue weighted by Crippen LogP contribution is -2.70. The molecule has 0 bridgehead atoms. The van der Waals surface area contributed by atoms with Crippen molar-refractivity contribution in [2.45, 2.75) is 347 Å². The van der Waals surface area contributed by atoms with Crippen LogP contribution < -0.4 is 0 Å². The second-order valence-corrected chi connectivity index (χ2v) is 35.7. The Kier molecular flexibility index (Phi) is 26.5. The van der Waals surface area contributed by atoms with E-state index in [0.29, 0.717) is 51.4 Å². The Morgan fingerprint density at radius 2 is 0.841 bits per heavy atom. The Labute approximate surface area is 651 Å². The van der Waals surface area contributed by atoms with Crippen LogP contribution in [0.2, 0.25) is 0 Å². The number of rotatable bonds is 19. The number of aliphatic hydroxyl groups excluding tert-OH is 22. The summed E-state index contributed by atoms with van der Waals surface area (Å²) < 4.78 is 93.4. The van der Waals surface area contributed by atoms with E-state index in [-0.39, 0.29) is 29.6 Å². The Bertz CT molecular complexity index is 3240. The number of esters is 1.